The summed E-state index contributed by atoms with van der Waals surface area (Å²) >= 11 is 3.22. The van der Waals surface area contributed by atoms with Crippen molar-refractivity contribution in [3.63, 3.8) is 0 Å². The fourth-order valence-electron chi connectivity index (χ4n) is 1.50. The minimum absolute atomic E-state index is 0.112. The molecule has 0 saturated carbocycles. The lowest BCUT2D eigenvalue weighted by Crippen LogP contribution is -2.37. The molecular weight excluding hydrogens is 248 g/mol. The number of pyridine rings is 1. The highest BCUT2D eigenvalue weighted by Gasteiger charge is 2.24. The molecule has 1 aromatic heterocycles. The quantitative estimate of drug-likeness (QED) is 0.618. The first-order valence-electron chi connectivity index (χ1n) is 4.11. The number of halogens is 1. The third kappa shape index (κ3) is 1.41. The van der Waals surface area contributed by atoms with E-state index in [9.17, 15) is 4.79 Å². The van der Waals surface area contributed by atoms with Gasteiger partial charge in [0.25, 0.3) is 0 Å². The largest absolute Gasteiger partial charge is 0.398 e. The number of hydrogen-bond acceptors (Lipinski definition) is 3. The lowest BCUT2D eigenvalue weighted by Gasteiger charge is -2.24. The average Bonchev–Trinajstić information content (AvgIpc) is 1.99. The minimum Gasteiger partial charge on any atom is -0.398 e. The minimum atomic E-state index is -0.255. The summed E-state index contributed by atoms with van der Waals surface area (Å²) in [7, 11) is 0. The Balaban J connectivity index is 2.58. The Kier molecular flexibility index (Phi) is 2.07. The molecule has 14 heavy (non-hydrogen) atoms. The third-order valence-corrected chi connectivity index (χ3v) is 2.48. The van der Waals surface area contributed by atoms with Gasteiger partial charge >= 0.3 is 6.03 Å². The Morgan fingerprint density at radius 3 is 3.07 bits per heavy atom. The molecule has 2 rings (SSSR count). The van der Waals surface area contributed by atoms with Crippen molar-refractivity contribution in [3.8, 4) is 0 Å². The van der Waals surface area contributed by atoms with Crippen LogP contribution in [-0.4, -0.2) is 11.0 Å². The van der Waals surface area contributed by atoms with Crippen LogP contribution in [-0.2, 0) is 0 Å². The van der Waals surface area contributed by atoms with Crippen molar-refractivity contribution >= 4 is 33.5 Å². The van der Waals surface area contributed by atoms with E-state index in [2.05, 4.69) is 31.5 Å². The molecule has 0 bridgehead atoms. The number of nitrogens with zero attached hydrogens (tertiary/aromatic N) is 1. The molecule has 0 aliphatic carbocycles. The van der Waals surface area contributed by atoms with E-state index in [1.165, 1.54) is 0 Å². The fourth-order valence-corrected chi connectivity index (χ4v) is 1.93. The molecule has 74 valence electrons. The van der Waals surface area contributed by atoms with Crippen LogP contribution in [0.2, 0.25) is 0 Å². The van der Waals surface area contributed by atoms with Gasteiger partial charge in [0.15, 0.2) is 0 Å². The van der Waals surface area contributed by atoms with Crippen molar-refractivity contribution in [2.75, 3.05) is 11.1 Å². The molecule has 2 heterocycles. The Morgan fingerprint density at radius 1 is 1.64 bits per heavy atom. The summed E-state index contributed by atoms with van der Waals surface area (Å²) in [5.74, 6) is 0.521. The van der Waals surface area contributed by atoms with Crippen LogP contribution in [0, 0.1) is 0 Å². The molecule has 0 aromatic carbocycles. The molecule has 6 heteroatoms. The highest BCUT2D eigenvalue weighted by atomic mass is 79.9. The molecule has 2 amide bonds. The molecule has 1 aliphatic rings. The van der Waals surface area contributed by atoms with Gasteiger partial charge in [0.2, 0.25) is 0 Å². The number of nitrogens with two attached hydrogens (primary N) is 1. The molecule has 4 N–H and O–H groups in total. The monoisotopic (exact) mass is 256 g/mol. The van der Waals surface area contributed by atoms with Crippen molar-refractivity contribution in [3.05, 3.63) is 16.2 Å². The van der Waals surface area contributed by atoms with Crippen LogP contribution in [0.1, 0.15) is 18.5 Å². The van der Waals surface area contributed by atoms with Gasteiger partial charge in [-0.2, -0.15) is 0 Å². The highest BCUT2D eigenvalue weighted by molar-refractivity contribution is 9.10. The van der Waals surface area contributed by atoms with E-state index in [0.717, 1.165) is 5.56 Å². The van der Waals surface area contributed by atoms with E-state index >= 15 is 0 Å². The zero-order chi connectivity index (χ0) is 10.3. The summed E-state index contributed by atoms with van der Waals surface area (Å²) in [5.41, 5.74) is 7.26. The van der Waals surface area contributed by atoms with Crippen molar-refractivity contribution < 1.29 is 4.79 Å². The van der Waals surface area contributed by atoms with E-state index in [0.29, 0.717) is 16.1 Å². The number of hydrogen-bond donors (Lipinski definition) is 3. The molecule has 5 nitrogen and oxygen atoms in total. The molecule has 0 fully saturated rings. The molecule has 0 radical (unpaired) electrons. The number of amides is 2. The molecular formula is C8H9BrN4O. The van der Waals surface area contributed by atoms with Gasteiger partial charge in [-0.15, -0.1) is 0 Å². The number of aromatic nitrogens is 1. The Hall–Kier alpha value is -1.30. The van der Waals surface area contributed by atoms with Crippen LogP contribution in [0.25, 0.3) is 0 Å². The maximum absolute atomic E-state index is 11.1. The van der Waals surface area contributed by atoms with Gasteiger partial charge < -0.3 is 11.1 Å². The van der Waals surface area contributed by atoms with E-state index in [1.54, 1.807) is 6.07 Å². The summed E-state index contributed by atoms with van der Waals surface area (Å²) in [5, 5.41) is 5.31. The molecule has 1 unspecified atom stereocenters. The van der Waals surface area contributed by atoms with Crippen LogP contribution < -0.4 is 16.4 Å². The van der Waals surface area contributed by atoms with Crippen LogP contribution in [0.15, 0.2) is 10.7 Å². The van der Waals surface area contributed by atoms with Crippen molar-refractivity contribution in [1.82, 2.24) is 10.3 Å². The van der Waals surface area contributed by atoms with E-state index < -0.39 is 0 Å². The van der Waals surface area contributed by atoms with Crippen LogP contribution >= 0.6 is 15.9 Å². The lowest BCUT2D eigenvalue weighted by molar-refractivity contribution is 0.248. The summed E-state index contributed by atoms with van der Waals surface area (Å²) < 4.78 is 0.614. The second-order valence-corrected chi connectivity index (χ2v) is 3.93. The number of anilines is 2. The lowest BCUT2D eigenvalue weighted by atomic mass is 10.1. The summed E-state index contributed by atoms with van der Waals surface area (Å²) in [6.07, 6.45) is 0. The maximum atomic E-state index is 11.1. The topological polar surface area (TPSA) is 80.0 Å². The second kappa shape index (κ2) is 3.13. The van der Waals surface area contributed by atoms with E-state index in [4.69, 9.17) is 5.73 Å². The number of nitrogen functional groups attached to an aromatic ring is 1. The number of fused-ring (bicyclic) bond motifs is 1. The normalized spacial score (nSPS) is 19.6. The van der Waals surface area contributed by atoms with Gasteiger partial charge in [-0.05, 0) is 28.9 Å². The van der Waals surface area contributed by atoms with E-state index in [1.807, 2.05) is 6.92 Å². The van der Waals surface area contributed by atoms with Crippen LogP contribution in [0.4, 0.5) is 16.3 Å². The number of nitrogens with one attached hydrogen (secondary N) is 2. The zero-order valence-electron chi connectivity index (χ0n) is 7.47. The van der Waals surface area contributed by atoms with Crippen molar-refractivity contribution in [2.45, 2.75) is 13.0 Å². The zero-order valence-corrected chi connectivity index (χ0v) is 9.05. The van der Waals surface area contributed by atoms with Gasteiger partial charge in [-0.1, -0.05) is 0 Å². The van der Waals surface area contributed by atoms with E-state index in [-0.39, 0.29) is 12.1 Å². The molecule has 0 saturated heterocycles. The molecule has 1 atom stereocenters. The van der Waals surface area contributed by atoms with Gasteiger partial charge in [0, 0.05) is 11.3 Å². The summed E-state index contributed by atoms with van der Waals surface area (Å²) in [6, 6.07) is 1.35. The average molecular weight is 257 g/mol. The first kappa shape index (κ1) is 9.26. The SMILES string of the molecule is CC1NC(=O)Nc2nc(Br)cc(N)c21. The standard InChI is InChI=1S/C8H9BrN4O/c1-3-6-4(10)2-5(9)12-7(6)13-8(14)11-3/h2-3H,1H3,(H4,10,11,12,13,14). The third-order valence-electron chi connectivity index (χ3n) is 2.07. The van der Waals surface area contributed by atoms with Gasteiger partial charge in [0.1, 0.15) is 10.4 Å². The molecule has 1 aliphatic heterocycles. The number of urea groups is 1. The number of carbonyl (C=O) groups excluding carboxylic acids is 1. The van der Waals surface area contributed by atoms with Crippen molar-refractivity contribution in [1.29, 1.82) is 0 Å². The first-order chi connectivity index (χ1) is 6.58. The highest BCUT2D eigenvalue weighted by Crippen LogP contribution is 2.31. The van der Waals surface area contributed by atoms with Gasteiger partial charge in [-0.25, -0.2) is 9.78 Å². The summed E-state index contributed by atoms with van der Waals surface area (Å²) in [4.78, 5) is 15.3. The van der Waals surface area contributed by atoms with Crippen LogP contribution in [0.3, 0.4) is 0 Å². The van der Waals surface area contributed by atoms with Gasteiger partial charge in [-0.3, -0.25) is 5.32 Å². The Bertz CT molecular complexity index is 407. The first-order valence-corrected chi connectivity index (χ1v) is 4.90. The Labute approximate surface area is 89.2 Å². The maximum Gasteiger partial charge on any atom is 0.320 e. The molecule has 0 spiro atoms. The Morgan fingerprint density at radius 2 is 2.36 bits per heavy atom. The fraction of sp³-hybridized carbons (Fsp3) is 0.250. The summed E-state index contributed by atoms with van der Waals surface area (Å²) in [6.45, 7) is 1.86. The molecule has 1 aromatic rings. The smallest absolute Gasteiger partial charge is 0.320 e. The van der Waals surface area contributed by atoms with Gasteiger partial charge in [0.05, 0.1) is 6.04 Å². The second-order valence-electron chi connectivity index (χ2n) is 3.12. The van der Waals surface area contributed by atoms with Crippen LogP contribution in [0.5, 0.6) is 0 Å². The predicted molar refractivity (Wildman–Crippen MR) is 56.9 cm³/mol. The number of carbonyl (C=O) groups is 1. The number of rotatable bonds is 0. The van der Waals surface area contributed by atoms with Crippen molar-refractivity contribution in [2.24, 2.45) is 0 Å². The predicted octanol–water partition coefficient (Wildman–Crippen LogP) is 1.62.